The molecule has 4 aromatic rings. The third-order valence-electron chi connectivity index (χ3n) is 5.22. The number of hydrogen-bond donors (Lipinski definition) is 1. The largest absolute Gasteiger partial charge is 0.726 e. The first-order chi connectivity index (χ1) is 15.8. The van der Waals surface area contributed by atoms with Gasteiger partial charge in [0, 0.05) is 5.56 Å². The smallest absolute Gasteiger partial charge is 0.215 e. The summed E-state index contributed by atoms with van der Waals surface area (Å²) >= 11 is 0. The summed E-state index contributed by atoms with van der Waals surface area (Å²) in [5.41, 5.74) is 2.59. The zero-order valence-electron chi connectivity index (χ0n) is 18.0. The molecule has 0 aliphatic heterocycles. The third-order valence-corrected chi connectivity index (χ3v) is 9.65. The fourth-order valence-electron chi connectivity index (χ4n) is 3.92. The maximum Gasteiger partial charge on any atom is 0.215 e. The first kappa shape index (κ1) is 24.6. The molecule has 0 bridgehead atoms. The van der Waals surface area contributed by atoms with E-state index in [1.165, 1.54) is 27.0 Å². The van der Waals surface area contributed by atoms with Crippen LogP contribution in [0.25, 0.3) is 6.08 Å². The Hall–Kier alpha value is -3.08. The van der Waals surface area contributed by atoms with Crippen LogP contribution in [-0.4, -0.2) is 17.5 Å². The maximum absolute atomic E-state index is 8.63. The number of rotatable bonds is 6. The molecule has 6 heteroatoms. The second-order valence-electron chi connectivity index (χ2n) is 7.32. The molecule has 0 spiro atoms. The van der Waals surface area contributed by atoms with Gasteiger partial charge in [-0.3, -0.25) is 4.55 Å². The maximum atomic E-state index is 8.63. The van der Waals surface area contributed by atoms with Crippen LogP contribution in [0.4, 0.5) is 0 Å². The first-order valence-corrected chi connectivity index (χ1v) is 13.6. The van der Waals surface area contributed by atoms with Crippen LogP contribution in [0.2, 0.25) is 0 Å². The van der Waals surface area contributed by atoms with Gasteiger partial charge in [0.2, 0.25) is 10.4 Å². The van der Waals surface area contributed by atoms with Crippen LogP contribution in [-0.2, 0) is 16.6 Å². The summed E-state index contributed by atoms with van der Waals surface area (Å²) in [7, 11) is -6.82. The minimum atomic E-state index is -4.92. The van der Waals surface area contributed by atoms with Crippen molar-refractivity contribution in [3.63, 3.8) is 0 Å². The van der Waals surface area contributed by atoms with Crippen molar-refractivity contribution < 1.29 is 17.5 Å². The Morgan fingerprint density at radius 3 is 1.58 bits per heavy atom. The van der Waals surface area contributed by atoms with Crippen molar-refractivity contribution >= 4 is 39.7 Å². The molecule has 4 nitrogen and oxygen atoms in total. The van der Waals surface area contributed by atoms with Crippen LogP contribution < -0.4 is 15.9 Å². The zero-order valence-corrected chi connectivity index (χ0v) is 19.7. The van der Waals surface area contributed by atoms with Gasteiger partial charge in [-0.15, -0.1) is 0 Å². The lowest BCUT2D eigenvalue weighted by Gasteiger charge is -2.29. The topological polar surface area (TPSA) is 77.4 Å². The van der Waals surface area contributed by atoms with Crippen LogP contribution in [0, 0.1) is 0 Å². The summed E-state index contributed by atoms with van der Waals surface area (Å²) in [5, 5.41) is 4.20. The number of hydrogen-bond acceptors (Lipinski definition) is 3. The van der Waals surface area contributed by atoms with Crippen LogP contribution >= 0.6 is 7.26 Å². The molecule has 0 aliphatic rings. The van der Waals surface area contributed by atoms with Gasteiger partial charge in [0.1, 0.15) is 23.2 Å². The molecule has 0 unspecified atom stereocenters. The Balaban J connectivity index is 0.000000555. The van der Waals surface area contributed by atoms with Gasteiger partial charge in [-0.2, -0.15) is 0 Å². The summed E-state index contributed by atoms with van der Waals surface area (Å²) in [6.07, 6.45) is 2.99. The SMILES string of the molecule is C=Cc1ccccc1[P+](Cc1ccccc1)(c1ccccc1)c1ccccc1.O=S(=O)([O-])O. The normalized spacial score (nSPS) is 11.2. The van der Waals surface area contributed by atoms with Gasteiger partial charge in [-0.05, 0) is 35.9 Å². The minimum absolute atomic E-state index is 0.993. The Morgan fingerprint density at radius 2 is 1.12 bits per heavy atom. The van der Waals surface area contributed by atoms with Crippen molar-refractivity contribution in [2.75, 3.05) is 0 Å². The Morgan fingerprint density at radius 1 is 0.727 bits per heavy atom. The molecule has 33 heavy (non-hydrogen) atoms. The third kappa shape index (κ3) is 6.47. The van der Waals surface area contributed by atoms with Gasteiger partial charge in [0.15, 0.2) is 0 Å². The predicted molar refractivity (Wildman–Crippen MR) is 138 cm³/mol. The molecule has 4 aromatic carbocycles. The highest BCUT2D eigenvalue weighted by atomic mass is 32.3. The predicted octanol–water partition coefficient (Wildman–Crippen LogP) is 4.83. The molecule has 0 saturated heterocycles. The monoisotopic (exact) mass is 476 g/mol. The molecule has 0 saturated carbocycles. The fraction of sp³-hybridized carbons (Fsp3) is 0.0370. The van der Waals surface area contributed by atoms with Crippen LogP contribution in [0.1, 0.15) is 11.1 Å². The van der Waals surface area contributed by atoms with E-state index >= 15 is 0 Å². The molecule has 0 aromatic heterocycles. The molecule has 168 valence electrons. The molecule has 0 heterocycles. The van der Waals surface area contributed by atoms with Crippen LogP contribution in [0.5, 0.6) is 0 Å². The minimum Gasteiger partial charge on any atom is -0.726 e. The summed E-state index contributed by atoms with van der Waals surface area (Å²) in [6, 6.07) is 41.6. The fourth-order valence-corrected chi connectivity index (χ4v) is 8.38. The lowest BCUT2D eigenvalue weighted by atomic mass is 10.2. The van der Waals surface area contributed by atoms with E-state index in [1.54, 1.807) is 0 Å². The Kier molecular flexibility index (Phi) is 8.32. The van der Waals surface area contributed by atoms with E-state index in [2.05, 4.69) is 122 Å². The van der Waals surface area contributed by atoms with Gasteiger partial charge in [0.05, 0.1) is 6.16 Å². The van der Waals surface area contributed by atoms with Gasteiger partial charge in [-0.25, -0.2) is 8.42 Å². The molecule has 0 atom stereocenters. The zero-order chi connectivity index (χ0) is 23.7. The molecule has 1 N–H and O–H groups in total. The van der Waals surface area contributed by atoms with Crippen molar-refractivity contribution in [3.05, 3.63) is 133 Å². The van der Waals surface area contributed by atoms with Crippen molar-refractivity contribution in [1.29, 1.82) is 0 Å². The van der Waals surface area contributed by atoms with E-state index in [9.17, 15) is 0 Å². The Bertz CT molecular complexity index is 1230. The van der Waals surface area contributed by atoms with Crippen molar-refractivity contribution in [3.8, 4) is 0 Å². The van der Waals surface area contributed by atoms with E-state index < -0.39 is 17.7 Å². The van der Waals surface area contributed by atoms with Crippen molar-refractivity contribution in [2.24, 2.45) is 0 Å². The molecule has 0 fully saturated rings. The quantitative estimate of drug-likeness (QED) is 0.246. The highest BCUT2D eigenvalue weighted by molar-refractivity contribution is 7.95. The standard InChI is InChI=1S/C27H24P.H2O4S/c1-2-24-16-12-13-21-27(24)28(25-17-8-4-9-18-25,26-19-10-5-11-20-26)22-23-14-6-3-7-15-23;1-5(2,3)4/h2-21H,1,22H2;(H2,1,2,3,4)/q+1;/p-1. The highest BCUT2D eigenvalue weighted by Crippen LogP contribution is 2.58. The van der Waals surface area contributed by atoms with Gasteiger partial charge in [-0.1, -0.05) is 97.6 Å². The van der Waals surface area contributed by atoms with Crippen LogP contribution in [0.3, 0.4) is 0 Å². The summed E-state index contributed by atoms with van der Waals surface area (Å²) in [5.74, 6) is 0. The average molecular weight is 477 g/mol. The summed E-state index contributed by atoms with van der Waals surface area (Å²) in [6.45, 7) is 4.12. The summed E-state index contributed by atoms with van der Waals surface area (Å²) in [4.78, 5) is 0. The molecule has 0 aliphatic carbocycles. The lowest BCUT2D eigenvalue weighted by Crippen LogP contribution is -2.33. The van der Waals surface area contributed by atoms with Gasteiger partial charge in [0.25, 0.3) is 0 Å². The molecule has 4 rings (SSSR count). The van der Waals surface area contributed by atoms with E-state index in [0.29, 0.717) is 0 Å². The summed E-state index contributed by atoms with van der Waals surface area (Å²) < 4.78 is 32.8. The van der Waals surface area contributed by atoms with E-state index in [4.69, 9.17) is 17.5 Å². The van der Waals surface area contributed by atoms with E-state index in [1.807, 2.05) is 6.08 Å². The molecule has 0 radical (unpaired) electrons. The van der Waals surface area contributed by atoms with Crippen molar-refractivity contribution in [1.82, 2.24) is 0 Å². The van der Waals surface area contributed by atoms with Gasteiger partial charge >= 0.3 is 0 Å². The number of benzene rings is 4. The molecular formula is C27H25O4PS. The average Bonchev–Trinajstić information content (AvgIpc) is 2.83. The second-order valence-corrected chi connectivity index (χ2v) is 11.6. The second kappa shape index (κ2) is 11.2. The van der Waals surface area contributed by atoms with Crippen LogP contribution in [0.15, 0.2) is 122 Å². The molecule has 0 amide bonds. The lowest BCUT2D eigenvalue weighted by molar-refractivity contribution is 0.366. The highest BCUT2D eigenvalue weighted by Gasteiger charge is 2.46. The van der Waals surface area contributed by atoms with E-state index in [-0.39, 0.29) is 0 Å². The molecular weight excluding hydrogens is 451 g/mol. The Labute approximate surface area is 196 Å². The first-order valence-electron chi connectivity index (χ1n) is 10.3. The van der Waals surface area contributed by atoms with E-state index in [0.717, 1.165) is 6.16 Å². The van der Waals surface area contributed by atoms with Crippen molar-refractivity contribution in [2.45, 2.75) is 6.16 Å². The van der Waals surface area contributed by atoms with Gasteiger partial charge < -0.3 is 4.55 Å².